The number of alkyl halides is 1. The fourth-order valence-electron chi connectivity index (χ4n) is 1.65. The lowest BCUT2D eigenvalue weighted by molar-refractivity contribution is 0.547. The van der Waals surface area contributed by atoms with Crippen molar-refractivity contribution in [3.8, 4) is 0 Å². The minimum atomic E-state index is 0.628. The van der Waals surface area contributed by atoms with E-state index in [-0.39, 0.29) is 0 Å². The van der Waals surface area contributed by atoms with Gasteiger partial charge in [0.05, 0.1) is 0 Å². The number of rotatable bonds is 4. The van der Waals surface area contributed by atoms with E-state index in [1.165, 1.54) is 11.1 Å². The molecular weight excluding hydrogens is 248 g/mol. The Morgan fingerprint density at radius 1 is 0.933 bits per heavy atom. The van der Waals surface area contributed by atoms with Gasteiger partial charge in [-0.05, 0) is 28.9 Å². The van der Waals surface area contributed by atoms with Gasteiger partial charge in [-0.3, -0.25) is 0 Å². The Morgan fingerprint density at radius 2 is 1.40 bits per heavy atom. The summed E-state index contributed by atoms with van der Waals surface area (Å²) >= 11 is 3.55. The van der Waals surface area contributed by atoms with Gasteiger partial charge in [0, 0.05) is 5.33 Å². The van der Waals surface area contributed by atoms with Crippen molar-refractivity contribution in [2.75, 3.05) is 5.33 Å². The highest BCUT2D eigenvalue weighted by molar-refractivity contribution is 9.09. The molecule has 0 radical (unpaired) electrons. The molecule has 0 saturated heterocycles. The summed E-state index contributed by atoms with van der Waals surface area (Å²) in [5.74, 6) is 1.95. The maximum absolute atomic E-state index is 3.55. The van der Waals surface area contributed by atoms with Crippen molar-refractivity contribution in [3.63, 3.8) is 0 Å². The zero-order valence-electron chi connectivity index (χ0n) is 10.1. The van der Waals surface area contributed by atoms with Crippen LogP contribution in [0.4, 0.5) is 0 Å². The molecule has 0 saturated carbocycles. The third kappa shape index (κ3) is 3.34. The van der Waals surface area contributed by atoms with Crippen molar-refractivity contribution < 1.29 is 0 Å². The molecule has 2 atom stereocenters. The second-order valence-electron chi connectivity index (χ2n) is 4.74. The summed E-state index contributed by atoms with van der Waals surface area (Å²) in [5, 5.41) is 1.07. The quantitative estimate of drug-likeness (QED) is 0.679. The molecule has 0 fully saturated rings. The first kappa shape index (κ1) is 12.8. The van der Waals surface area contributed by atoms with Crippen LogP contribution < -0.4 is 0 Å². The molecular formula is C14H21Br. The van der Waals surface area contributed by atoms with Crippen molar-refractivity contribution in [1.82, 2.24) is 0 Å². The van der Waals surface area contributed by atoms with Crippen molar-refractivity contribution in [1.29, 1.82) is 0 Å². The maximum Gasteiger partial charge on any atom is 0.00627 e. The molecule has 0 spiro atoms. The third-order valence-electron chi connectivity index (χ3n) is 3.23. The number of halogens is 1. The van der Waals surface area contributed by atoms with Crippen LogP contribution in [0.25, 0.3) is 0 Å². The third-order valence-corrected chi connectivity index (χ3v) is 4.25. The van der Waals surface area contributed by atoms with Crippen molar-refractivity contribution in [2.24, 2.45) is 5.92 Å². The minimum Gasteiger partial charge on any atom is -0.0925 e. The first-order valence-corrected chi connectivity index (χ1v) is 6.84. The van der Waals surface area contributed by atoms with Gasteiger partial charge < -0.3 is 0 Å². The van der Waals surface area contributed by atoms with Crippen molar-refractivity contribution in [2.45, 2.75) is 39.5 Å². The largest absolute Gasteiger partial charge is 0.0925 e. The van der Waals surface area contributed by atoms with Gasteiger partial charge in [-0.1, -0.05) is 67.9 Å². The molecule has 84 valence electrons. The first-order valence-electron chi connectivity index (χ1n) is 5.72. The summed E-state index contributed by atoms with van der Waals surface area (Å²) < 4.78 is 0. The average molecular weight is 269 g/mol. The summed E-state index contributed by atoms with van der Waals surface area (Å²) in [5.41, 5.74) is 2.88. The monoisotopic (exact) mass is 268 g/mol. The molecule has 15 heavy (non-hydrogen) atoms. The smallest absolute Gasteiger partial charge is 0.00627 e. The van der Waals surface area contributed by atoms with Gasteiger partial charge in [0.15, 0.2) is 0 Å². The molecule has 0 N–H and O–H groups in total. The first-order chi connectivity index (χ1) is 7.06. The lowest BCUT2D eigenvalue weighted by Gasteiger charge is -2.18. The van der Waals surface area contributed by atoms with E-state index in [9.17, 15) is 0 Å². The highest BCUT2D eigenvalue weighted by Crippen LogP contribution is 2.26. The van der Waals surface area contributed by atoms with Crippen molar-refractivity contribution >= 4 is 15.9 Å². The Kier molecular flexibility index (Phi) is 4.85. The van der Waals surface area contributed by atoms with Gasteiger partial charge >= 0.3 is 0 Å². The number of hydrogen-bond acceptors (Lipinski definition) is 0. The SMILES string of the molecule is CC(C)c1ccc(C(C)C(C)CBr)cc1. The Hall–Kier alpha value is -0.300. The lowest BCUT2D eigenvalue weighted by atomic mass is 9.89. The summed E-state index contributed by atoms with van der Waals surface area (Å²) in [6, 6.07) is 9.08. The summed E-state index contributed by atoms with van der Waals surface area (Å²) in [4.78, 5) is 0. The van der Waals surface area contributed by atoms with E-state index in [1.54, 1.807) is 0 Å². The molecule has 0 aromatic heterocycles. The zero-order chi connectivity index (χ0) is 11.4. The van der Waals surface area contributed by atoms with Crippen molar-refractivity contribution in [3.05, 3.63) is 35.4 Å². The average Bonchev–Trinajstić information content (AvgIpc) is 2.27. The fraction of sp³-hybridized carbons (Fsp3) is 0.571. The van der Waals surface area contributed by atoms with E-state index in [1.807, 2.05) is 0 Å². The van der Waals surface area contributed by atoms with Gasteiger partial charge in [-0.25, -0.2) is 0 Å². The standard InChI is InChI=1S/C14H21Br/c1-10(2)13-5-7-14(8-6-13)12(4)11(3)9-15/h5-8,10-12H,9H2,1-4H3. The maximum atomic E-state index is 3.55. The topological polar surface area (TPSA) is 0 Å². The molecule has 1 rings (SSSR count). The van der Waals surface area contributed by atoms with Crippen LogP contribution in [0, 0.1) is 5.92 Å². The van der Waals surface area contributed by atoms with Gasteiger partial charge in [0.25, 0.3) is 0 Å². The molecule has 0 heterocycles. The molecule has 0 bridgehead atoms. The lowest BCUT2D eigenvalue weighted by Crippen LogP contribution is -2.07. The minimum absolute atomic E-state index is 0.628. The van der Waals surface area contributed by atoms with E-state index in [0.29, 0.717) is 17.8 Å². The predicted octanol–water partition coefficient (Wildman–Crippen LogP) is 4.94. The second kappa shape index (κ2) is 5.69. The molecule has 0 aliphatic heterocycles. The van der Waals surface area contributed by atoms with Crippen LogP contribution >= 0.6 is 15.9 Å². The van der Waals surface area contributed by atoms with Gasteiger partial charge in [0.2, 0.25) is 0 Å². The highest BCUT2D eigenvalue weighted by Gasteiger charge is 2.12. The summed E-state index contributed by atoms with van der Waals surface area (Å²) in [6.45, 7) is 9.06. The van der Waals surface area contributed by atoms with Crippen LogP contribution in [0.1, 0.15) is 50.7 Å². The molecule has 1 heteroatoms. The van der Waals surface area contributed by atoms with E-state index < -0.39 is 0 Å². The molecule has 1 aromatic rings. The van der Waals surface area contributed by atoms with E-state index in [0.717, 1.165) is 5.33 Å². The highest BCUT2D eigenvalue weighted by atomic mass is 79.9. The Bertz CT molecular complexity index is 287. The van der Waals surface area contributed by atoms with Crippen LogP contribution in [0.15, 0.2) is 24.3 Å². The van der Waals surface area contributed by atoms with E-state index >= 15 is 0 Å². The normalized spacial score (nSPS) is 15.3. The van der Waals surface area contributed by atoms with Crippen LogP contribution in [0.3, 0.4) is 0 Å². The molecule has 2 unspecified atom stereocenters. The summed E-state index contributed by atoms with van der Waals surface area (Å²) in [7, 11) is 0. The van der Waals surface area contributed by atoms with Gasteiger partial charge in [0.1, 0.15) is 0 Å². The Morgan fingerprint density at radius 3 is 1.80 bits per heavy atom. The molecule has 0 aliphatic rings. The van der Waals surface area contributed by atoms with Gasteiger partial charge in [-0.15, -0.1) is 0 Å². The Labute approximate surface area is 102 Å². The fourth-order valence-corrected chi connectivity index (χ4v) is 2.21. The number of hydrogen-bond donors (Lipinski definition) is 0. The van der Waals surface area contributed by atoms with Crippen LogP contribution in [0.5, 0.6) is 0 Å². The summed E-state index contributed by atoms with van der Waals surface area (Å²) in [6.07, 6.45) is 0. The Balaban J connectivity index is 2.79. The molecule has 0 aliphatic carbocycles. The van der Waals surface area contributed by atoms with E-state index in [2.05, 4.69) is 67.9 Å². The molecule has 0 amide bonds. The second-order valence-corrected chi connectivity index (χ2v) is 5.39. The van der Waals surface area contributed by atoms with Crippen LogP contribution in [0.2, 0.25) is 0 Å². The predicted molar refractivity (Wildman–Crippen MR) is 71.9 cm³/mol. The molecule has 1 aromatic carbocycles. The zero-order valence-corrected chi connectivity index (χ0v) is 11.7. The van der Waals surface area contributed by atoms with Gasteiger partial charge in [-0.2, -0.15) is 0 Å². The number of benzene rings is 1. The van der Waals surface area contributed by atoms with E-state index in [4.69, 9.17) is 0 Å². The van der Waals surface area contributed by atoms with Crippen LogP contribution in [-0.4, -0.2) is 5.33 Å². The molecule has 0 nitrogen and oxygen atoms in total. The van der Waals surface area contributed by atoms with Crippen LogP contribution in [-0.2, 0) is 0 Å².